The van der Waals surface area contributed by atoms with E-state index in [9.17, 15) is 13.2 Å². The van der Waals surface area contributed by atoms with E-state index in [0.29, 0.717) is 12.8 Å². The summed E-state index contributed by atoms with van der Waals surface area (Å²) >= 11 is 0. The van der Waals surface area contributed by atoms with Gasteiger partial charge in [0.15, 0.2) is 0 Å². The summed E-state index contributed by atoms with van der Waals surface area (Å²) in [6, 6.07) is 5.07. The fourth-order valence-corrected chi connectivity index (χ4v) is 1.86. The third kappa shape index (κ3) is 2.41. The van der Waals surface area contributed by atoms with Crippen LogP contribution in [0, 0.1) is 11.3 Å². The number of nitrogens with two attached hydrogens (primary N) is 1. The van der Waals surface area contributed by atoms with Crippen LogP contribution in [0.2, 0.25) is 0 Å². The molecule has 2 N–H and O–H groups in total. The Hall–Kier alpha value is -1.74. The molecule has 0 unspecified atom stereocenters. The zero-order valence-electron chi connectivity index (χ0n) is 9.37. The van der Waals surface area contributed by atoms with Gasteiger partial charge >= 0.3 is 6.18 Å². The minimum atomic E-state index is -4.56. The van der Waals surface area contributed by atoms with Crippen molar-refractivity contribution in [3.8, 4) is 11.8 Å². The average molecular weight is 256 g/mol. The average Bonchev–Trinajstić information content (AvgIpc) is 2.25. The molecule has 18 heavy (non-hydrogen) atoms. The van der Waals surface area contributed by atoms with Gasteiger partial charge in [0.05, 0.1) is 5.56 Å². The van der Waals surface area contributed by atoms with E-state index in [0.717, 1.165) is 6.07 Å². The van der Waals surface area contributed by atoms with Crippen molar-refractivity contribution in [2.75, 3.05) is 0 Å². The molecule has 2 rings (SSSR count). The topological polar surface area (TPSA) is 59.0 Å². The van der Waals surface area contributed by atoms with Gasteiger partial charge in [-0.1, -0.05) is 6.07 Å². The van der Waals surface area contributed by atoms with E-state index in [-0.39, 0.29) is 17.9 Å². The Bertz CT molecular complexity index is 487. The molecular formula is C12H11F3N2O. The predicted octanol–water partition coefficient (Wildman–Crippen LogP) is 2.45. The Balaban J connectivity index is 2.28. The van der Waals surface area contributed by atoms with Gasteiger partial charge in [-0.2, -0.15) is 18.4 Å². The molecule has 0 radical (unpaired) electrons. The zero-order valence-corrected chi connectivity index (χ0v) is 9.37. The van der Waals surface area contributed by atoms with Crippen LogP contribution < -0.4 is 10.5 Å². The number of rotatable bonds is 2. The summed E-state index contributed by atoms with van der Waals surface area (Å²) < 4.78 is 43.4. The molecule has 3 nitrogen and oxygen atoms in total. The molecule has 0 bridgehead atoms. The summed E-state index contributed by atoms with van der Waals surface area (Å²) in [4.78, 5) is 0. The maximum absolute atomic E-state index is 12.7. The minimum Gasteiger partial charge on any atom is -0.489 e. The van der Waals surface area contributed by atoms with Crippen LogP contribution in [0.4, 0.5) is 13.2 Å². The number of benzene rings is 1. The lowest BCUT2D eigenvalue weighted by Gasteiger charge is -2.33. The van der Waals surface area contributed by atoms with Crippen molar-refractivity contribution in [1.82, 2.24) is 0 Å². The van der Waals surface area contributed by atoms with Crippen LogP contribution in [0.25, 0.3) is 0 Å². The van der Waals surface area contributed by atoms with Crippen LogP contribution in [-0.4, -0.2) is 12.1 Å². The largest absolute Gasteiger partial charge is 0.489 e. The fraction of sp³-hybridized carbons (Fsp3) is 0.417. The molecule has 0 spiro atoms. The van der Waals surface area contributed by atoms with Crippen LogP contribution in [0.5, 0.6) is 5.75 Å². The molecule has 0 aromatic heterocycles. The van der Waals surface area contributed by atoms with Crippen LogP contribution in [-0.2, 0) is 6.18 Å². The molecule has 6 heteroatoms. The molecule has 0 aliphatic heterocycles. The first kappa shape index (κ1) is 12.7. The molecule has 0 heterocycles. The molecule has 0 atom stereocenters. The molecule has 96 valence electrons. The number of ether oxygens (including phenoxy) is 1. The van der Waals surface area contributed by atoms with Crippen molar-refractivity contribution in [2.24, 2.45) is 5.73 Å². The summed E-state index contributed by atoms with van der Waals surface area (Å²) in [5, 5.41) is 8.86. The van der Waals surface area contributed by atoms with Gasteiger partial charge in [-0.15, -0.1) is 0 Å². The standard InChI is InChI=1S/C12H11F3N2O/c13-12(14,15)10-2-1-3-11(9(10)6-16)18-8-4-7(17)5-8/h1-3,7-8H,4-5,17H2/t7-,8-. The number of alkyl halides is 3. The Morgan fingerprint density at radius 1 is 1.33 bits per heavy atom. The van der Waals surface area contributed by atoms with Crippen LogP contribution in [0.3, 0.4) is 0 Å². The second-order valence-corrected chi connectivity index (χ2v) is 4.26. The number of hydrogen-bond donors (Lipinski definition) is 1. The first-order valence-corrected chi connectivity index (χ1v) is 5.44. The highest BCUT2D eigenvalue weighted by Gasteiger charge is 2.36. The van der Waals surface area contributed by atoms with Crippen molar-refractivity contribution in [3.05, 3.63) is 29.3 Å². The van der Waals surface area contributed by atoms with Gasteiger partial charge < -0.3 is 10.5 Å². The van der Waals surface area contributed by atoms with Gasteiger partial charge in [-0.05, 0) is 25.0 Å². The quantitative estimate of drug-likeness (QED) is 0.884. The smallest absolute Gasteiger partial charge is 0.417 e. The summed E-state index contributed by atoms with van der Waals surface area (Å²) in [5.74, 6) is -0.0239. The molecule has 0 amide bonds. The molecule has 1 fully saturated rings. The van der Waals surface area contributed by atoms with Gasteiger partial charge in [-0.25, -0.2) is 0 Å². The third-order valence-corrected chi connectivity index (χ3v) is 2.87. The van der Waals surface area contributed by atoms with E-state index >= 15 is 0 Å². The minimum absolute atomic E-state index is 0.0239. The van der Waals surface area contributed by atoms with E-state index < -0.39 is 17.3 Å². The Morgan fingerprint density at radius 2 is 2.00 bits per heavy atom. The van der Waals surface area contributed by atoms with Crippen molar-refractivity contribution < 1.29 is 17.9 Å². The Morgan fingerprint density at radius 3 is 2.50 bits per heavy atom. The number of nitrogens with zero attached hydrogens (tertiary/aromatic N) is 1. The fourth-order valence-electron chi connectivity index (χ4n) is 1.86. The van der Waals surface area contributed by atoms with Crippen LogP contribution in [0.1, 0.15) is 24.0 Å². The van der Waals surface area contributed by atoms with E-state index in [1.165, 1.54) is 12.1 Å². The molecule has 0 saturated heterocycles. The summed E-state index contributed by atoms with van der Waals surface area (Å²) in [6.45, 7) is 0. The molecule has 1 saturated carbocycles. The van der Waals surface area contributed by atoms with Crippen molar-refractivity contribution in [3.63, 3.8) is 0 Å². The highest BCUT2D eigenvalue weighted by molar-refractivity contribution is 5.50. The Labute approximate surface area is 102 Å². The second-order valence-electron chi connectivity index (χ2n) is 4.26. The van der Waals surface area contributed by atoms with E-state index in [1.54, 1.807) is 6.07 Å². The first-order valence-electron chi connectivity index (χ1n) is 5.44. The van der Waals surface area contributed by atoms with Crippen molar-refractivity contribution >= 4 is 0 Å². The lowest BCUT2D eigenvalue weighted by atomic mass is 9.90. The van der Waals surface area contributed by atoms with Crippen molar-refractivity contribution in [1.29, 1.82) is 5.26 Å². The number of halogens is 3. The lowest BCUT2D eigenvalue weighted by Crippen LogP contribution is -2.43. The van der Waals surface area contributed by atoms with Crippen LogP contribution >= 0.6 is 0 Å². The SMILES string of the molecule is N#Cc1c(O[C@H]2C[C@H](N)C2)cccc1C(F)(F)F. The summed E-state index contributed by atoms with van der Waals surface area (Å²) in [7, 11) is 0. The third-order valence-electron chi connectivity index (χ3n) is 2.87. The van der Waals surface area contributed by atoms with Crippen LogP contribution in [0.15, 0.2) is 18.2 Å². The number of nitriles is 1. The van der Waals surface area contributed by atoms with E-state index in [4.69, 9.17) is 15.7 Å². The highest BCUT2D eigenvalue weighted by atomic mass is 19.4. The molecule has 1 aliphatic carbocycles. The van der Waals surface area contributed by atoms with E-state index in [2.05, 4.69) is 0 Å². The maximum atomic E-state index is 12.7. The van der Waals surface area contributed by atoms with Gasteiger partial charge in [0.25, 0.3) is 0 Å². The van der Waals surface area contributed by atoms with Gasteiger partial charge in [0.1, 0.15) is 23.5 Å². The molecule has 1 aromatic carbocycles. The first-order chi connectivity index (χ1) is 8.41. The Kier molecular flexibility index (Phi) is 3.18. The second kappa shape index (κ2) is 4.50. The van der Waals surface area contributed by atoms with Crippen molar-refractivity contribution in [2.45, 2.75) is 31.2 Å². The van der Waals surface area contributed by atoms with E-state index in [1.807, 2.05) is 0 Å². The maximum Gasteiger partial charge on any atom is 0.417 e. The lowest BCUT2D eigenvalue weighted by molar-refractivity contribution is -0.138. The normalized spacial score (nSPS) is 23.1. The van der Waals surface area contributed by atoms with Gasteiger partial charge in [0, 0.05) is 6.04 Å². The van der Waals surface area contributed by atoms with Gasteiger partial charge in [0.2, 0.25) is 0 Å². The summed E-state index contributed by atoms with van der Waals surface area (Å²) in [6.07, 6.45) is -3.56. The van der Waals surface area contributed by atoms with Gasteiger partial charge in [-0.3, -0.25) is 0 Å². The predicted molar refractivity (Wildman–Crippen MR) is 57.8 cm³/mol. The number of hydrogen-bond acceptors (Lipinski definition) is 3. The molecule has 1 aromatic rings. The zero-order chi connectivity index (χ0) is 13.3. The summed E-state index contributed by atoms with van der Waals surface area (Å²) in [5.41, 5.74) is 4.13. The highest BCUT2D eigenvalue weighted by Crippen LogP contribution is 2.36. The molecular weight excluding hydrogens is 245 g/mol. The monoisotopic (exact) mass is 256 g/mol. The molecule has 1 aliphatic rings.